The molecule has 3 nitrogen and oxygen atoms in total. The maximum atomic E-state index is 5.71. The highest BCUT2D eigenvalue weighted by atomic mass is 14.9. The third kappa shape index (κ3) is 2.78. The molecular weight excluding hydrogens is 162 g/mol. The Bertz CT molecular complexity index is 283. The van der Waals surface area contributed by atoms with Crippen LogP contribution < -0.4 is 11.1 Å². The van der Waals surface area contributed by atoms with Gasteiger partial charge in [-0.3, -0.25) is 4.98 Å². The van der Waals surface area contributed by atoms with E-state index in [1.54, 1.807) is 12.4 Å². The molecule has 0 aromatic carbocycles. The highest BCUT2D eigenvalue weighted by Gasteiger charge is 2.01. The van der Waals surface area contributed by atoms with Crippen molar-refractivity contribution in [3.05, 3.63) is 31.1 Å². The third-order valence-electron chi connectivity index (χ3n) is 1.77. The monoisotopic (exact) mass is 177 g/mol. The number of nitrogen functional groups attached to an aromatic ring is 1. The molecule has 0 saturated heterocycles. The lowest BCUT2D eigenvalue weighted by atomic mass is 10.2. The minimum atomic E-state index is 0.349. The Labute approximate surface area is 78.7 Å². The summed E-state index contributed by atoms with van der Waals surface area (Å²) in [6.07, 6.45) is 6.17. The number of nitrogens with one attached hydrogen (secondary N) is 1. The zero-order valence-electron chi connectivity index (χ0n) is 7.83. The van der Waals surface area contributed by atoms with Crippen LogP contribution in [0.25, 0.3) is 0 Å². The van der Waals surface area contributed by atoms with Crippen molar-refractivity contribution in [2.75, 3.05) is 11.1 Å². The van der Waals surface area contributed by atoms with Crippen molar-refractivity contribution in [2.45, 2.75) is 19.4 Å². The Morgan fingerprint density at radius 3 is 3.15 bits per heavy atom. The first kappa shape index (κ1) is 9.58. The summed E-state index contributed by atoms with van der Waals surface area (Å²) in [6.45, 7) is 5.77. The number of aromatic nitrogens is 1. The molecule has 0 aliphatic heterocycles. The highest BCUT2D eigenvalue weighted by molar-refractivity contribution is 5.64. The van der Waals surface area contributed by atoms with Crippen molar-refractivity contribution in [2.24, 2.45) is 0 Å². The van der Waals surface area contributed by atoms with Gasteiger partial charge in [0.25, 0.3) is 0 Å². The zero-order valence-corrected chi connectivity index (χ0v) is 7.83. The molecule has 3 heteroatoms. The van der Waals surface area contributed by atoms with Gasteiger partial charge in [-0.15, -0.1) is 6.58 Å². The Morgan fingerprint density at radius 2 is 2.54 bits per heavy atom. The fourth-order valence-electron chi connectivity index (χ4n) is 1.11. The number of nitrogens with zero attached hydrogens (tertiary/aromatic N) is 1. The lowest BCUT2D eigenvalue weighted by Gasteiger charge is -2.14. The number of nitrogens with two attached hydrogens (primary N) is 1. The summed E-state index contributed by atoms with van der Waals surface area (Å²) in [5.41, 5.74) is 7.33. The van der Waals surface area contributed by atoms with E-state index in [-0.39, 0.29) is 0 Å². The normalized spacial score (nSPS) is 12.1. The summed E-state index contributed by atoms with van der Waals surface area (Å²) in [5.74, 6) is 0. The molecule has 0 aliphatic carbocycles. The minimum absolute atomic E-state index is 0.349. The fourth-order valence-corrected chi connectivity index (χ4v) is 1.11. The predicted molar refractivity (Wildman–Crippen MR) is 56.5 cm³/mol. The second-order valence-corrected chi connectivity index (χ2v) is 3.03. The Kier molecular flexibility index (Phi) is 3.31. The van der Waals surface area contributed by atoms with E-state index in [9.17, 15) is 0 Å². The molecule has 0 saturated carbocycles. The van der Waals surface area contributed by atoms with Gasteiger partial charge in [-0.2, -0.15) is 0 Å². The molecule has 1 heterocycles. The average Bonchev–Trinajstić information content (AvgIpc) is 2.09. The fraction of sp³-hybridized carbons (Fsp3) is 0.300. The first-order valence-corrected chi connectivity index (χ1v) is 4.31. The molecule has 0 aliphatic rings. The first-order chi connectivity index (χ1) is 6.24. The van der Waals surface area contributed by atoms with Crippen LogP contribution >= 0.6 is 0 Å². The van der Waals surface area contributed by atoms with Gasteiger partial charge in [0.2, 0.25) is 0 Å². The minimum Gasteiger partial charge on any atom is -0.396 e. The molecule has 13 heavy (non-hydrogen) atoms. The Hall–Kier alpha value is -1.51. The van der Waals surface area contributed by atoms with Gasteiger partial charge in [0.1, 0.15) is 0 Å². The van der Waals surface area contributed by atoms with Crippen LogP contribution in [0.1, 0.15) is 13.3 Å². The molecule has 3 N–H and O–H groups in total. The van der Waals surface area contributed by atoms with E-state index in [2.05, 4.69) is 23.8 Å². The number of hydrogen-bond donors (Lipinski definition) is 2. The molecule has 70 valence electrons. The van der Waals surface area contributed by atoms with Gasteiger partial charge in [0.15, 0.2) is 0 Å². The van der Waals surface area contributed by atoms with Crippen LogP contribution in [0.4, 0.5) is 11.4 Å². The van der Waals surface area contributed by atoms with Crippen molar-refractivity contribution >= 4 is 11.4 Å². The summed E-state index contributed by atoms with van der Waals surface area (Å²) in [4.78, 5) is 3.91. The van der Waals surface area contributed by atoms with Gasteiger partial charge in [0.05, 0.1) is 17.6 Å². The SMILES string of the molecule is C=CCC(C)Nc1ccncc1N. The van der Waals surface area contributed by atoms with Gasteiger partial charge in [-0.1, -0.05) is 6.08 Å². The van der Waals surface area contributed by atoms with Crippen molar-refractivity contribution in [1.29, 1.82) is 0 Å². The summed E-state index contributed by atoms with van der Waals surface area (Å²) in [7, 11) is 0. The maximum Gasteiger partial charge on any atom is 0.0736 e. The van der Waals surface area contributed by atoms with E-state index in [0.29, 0.717) is 11.7 Å². The van der Waals surface area contributed by atoms with Gasteiger partial charge >= 0.3 is 0 Å². The Morgan fingerprint density at radius 1 is 1.77 bits per heavy atom. The number of hydrogen-bond acceptors (Lipinski definition) is 3. The standard InChI is InChI=1S/C10H15N3/c1-3-4-8(2)13-10-5-6-12-7-9(10)11/h3,5-8H,1,4,11H2,2H3,(H,12,13). The molecule has 0 radical (unpaired) electrons. The second kappa shape index (κ2) is 4.50. The van der Waals surface area contributed by atoms with Crippen LogP contribution in [0.3, 0.4) is 0 Å². The summed E-state index contributed by atoms with van der Waals surface area (Å²) in [5, 5.41) is 3.27. The van der Waals surface area contributed by atoms with Crippen molar-refractivity contribution < 1.29 is 0 Å². The van der Waals surface area contributed by atoms with Gasteiger partial charge in [0, 0.05) is 12.2 Å². The number of rotatable bonds is 4. The molecular formula is C10H15N3. The second-order valence-electron chi connectivity index (χ2n) is 3.03. The van der Waals surface area contributed by atoms with Crippen LogP contribution in [-0.2, 0) is 0 Å². The first-order valence-electron chi connectivity index (χ1n) is 4.31. The van der Waals surface area contributed by atoms with E-state index < -0.39 is 0 Å². The number of anilines is 2. The molecule has 0 amide bonds. The topological polar surface area (TPSA) is 50.9 Å². The van der Waals surface area contributed by atoms with E-state index in [1.165, 1.54) is 0 Å². The quantitative estimate of drug-likeness (QED) is 0.692. The largest absolute Gasteiger partial charge is 0.396 e. The molecule has 1 unspecified atom stereocenters. The van der Waals surface area contributed by atoms with E-state index in [0.717, 1.165) is 12.1 Å². The number of pyridine rings is 1. The molecule has 1 aromatic rings. The van der Waals surface area contributed by atoms with Gasteiger partial charge < -0.3 is 11.1 Å². The third-order valence-corrected chi connectivity index (χ3v) is 1.77. The molecule has 0 spiro atoms. The average molecular weight is 177 g/mol. The van der Waals surface area contributed by atoms with Crippen LogP contribution in [0.5, 0.6) is 0 Å². The maximum absolute atomic E-state index is 5.71. The van der Waals surface area contributed by atoms with E-state index >= 15 is 0 Å². The molecule has 1 rings (SSSR count). The van der Waals surface area contributed by atoms with Crippen LogP contribution in [0.2, 0.25) is 0 Å². The van der Waals surface area contributed by atoms with E-state index in [4.69, 9.17) is 5.73 Å². The van der Waals surface area contributed by atoms with Crippen molar-refractivity contribution in [1.82, 2.24) is 4.98 Å². The van der Waals surface area contributed by atoms with Crippen LogP contribution in [-0.4, -0.2) is 11.0 Å². The zero-order chi connectivity index (χ0) is 9.68. The van der Waals surface area contributed by atoms with Crippen molar-refractivity contribution in [3.8, 4) is 0 Å². The van der Waals surface area contributed by atoms with Crippen LogP contribution in [0, 0.1) is 0 Å². The lowest BCUT2D eigenvalue weighted by molar-refractivity contribution is 0.814. The van der Waals surface area contributed by atoms with Gasteiger partial charge in [-0.05, 0) is 19.4 Å². The lowest BCUT2D eigenvalue weighted by Crippen LogP contribution is -2.14. The smallest absolute Gasteiger partial charge is 0.0736 e. The molecule has 1 atom stereocenters. The summed E-state index contributed by atoms with van der Waals surface area (Å²) < 4.78 is 0. The summed E-state index contributed by atoms with van der Waals surface area (Å²) in [6, 6.07) is 2.22. The molecule has 1 aromatic heterocycles. The highest BCUT2D eigenvalue weighted by Crippen LogP contribution is 2.16. The molecule has 0 fully saturated rings. The van der Waals surface area contributed by atoms with E-state index in [1.807, 2.05) is 12.1 Å². The Balaban J connectivity index is 2.63. The summed E-state index contributed by atoms with van der Waals surface area (Å²) >= 11 is 0. The van der Waals surface area contributed by atoms with Crippen molar-refractivity contribution in [3.63, 3.8) is 0 Å². The molecule has 0 bridgehead atoms. The predicted octanol–water partition coefficient (Wildman–Crippen LogP) is 2.04. The van der Waals surface area contributed by atoms with Gasteiger partial charge in [-0.25, -0.2) is 0 Å². The van der Waals surface area contributed by atoms with Crippen LogP contribution in [0.15, 0.2) is 31.1 Å².